The Morgan fingerprint density at radius 1 is 1.41 bits per heavy atom. The van der Waals surface area contributed by atoms with Crippen molar-refractivity contribution in [2.45, 2.75) is 26.2 Å². The molecule has 1 unspecified atom stereocenters. The van der Waals surface area contributed by atoms with Crippen LogP contribution in [0.3, 0.4) is 0 Å². The zero-order valence-corrected chi connectivity index (χ0v) is 14.0. The molecule has 9 heteroatoms. The van der Waals surface area contributed by atoms with Gasteiger partial charge >= 0.3 is 88.4 Å². The molecule has 1 aliphatic rings. The fourth-order valence-electron chi connectivity index (χ4n) is 1.74. The first-order valence-electron chi connectivity index (χ1n) is 6.66. The average Bonchev–Trinajstić information content (AvgIpc) is 2.48. The SMILES string of the molecule is CC(=O)Nc1cccc([As](=O)(O)OO)c1.O=C1CCCCN1. The van der Waals surface area contributed by atoms with Gasteiger partial charge in [0.05, 0.1) is 0 Å². The first-order valence-corrected chi connectivity index (χ1v) is 9.97. The maximum atomic E-state index is 11.3. The number of carbonyl (C=O) groups is 2. The smallest absolute Gasteiger partial charge is 0.219 e. The monoisotopic (exact) mass is 374 g/mol. The Kier molecular flexibility index (Phi) is 7.33. The van der Waals surface area contributed by atoms with Crippen molar-refractivity contribution in [3.05, 3.63) is 24.3 Å². The van der Waals surface area contributed by atoms with Crippen LogP contribution in [0, 0.1) is 0 Å². The molecule has 0 aliphatic carbocycles. The third-order valence-electron chi connectivity index (χ3n) is 2.76. The summed E-state index contributed by atoms with van der Waals surface area (Å²) < 4.78 is 23.9. The van der Waals surface area contributed by atoms with E-state index >= 15 is 0 Å². The van der Waals surface area contributed by atoms with E-state index in [-0.39, 0.29) is 16.2 Å². The Balaban J connectivity index is 0.000000287. The van der Waals surface area contributed by atoms with E-state index in [1.807, 2.05) is 0 Å². The molecule has 4 N–H and O–H groups in total. The second kappa shape index (κ2) is 8.75. The molecule has 0 spiro atoms. The van der Waals surface area contributed by atoms with Crippen molar-refractivity contribution in [2.24, 2.45) is 0 Å². The molecule has 1 aromatic rings. The van der Waals surface area contributed by atoms with Crippen LogP contribution in [0.15, 0.2) is 24.3 Å². The van der Waals surface area contributed by atoms with Crippen LogP contribution >= 0.6 is 0 Å². The van der Waals surface area contributed by atoms with Gasteiger partial charge in [-0.15, -0.1) is 0 Å². The maximum absolute atomic E-state index is 11.3. The molecule has 1 aromatic carbocycles. The number of benzene rings is 1. The number of hydrogen-bond acceptors (Lipinski definition) is 5. The summed E-state index contributed by atoms with van der Waals surface area (Å²) in [5.74, 6) is -0.0802. The first-order chi connectivity index (χ1) is 10.3. The molecular weight excluding hydrogens is 355 g/mol. The van der Waals surface area contributed by atoms with Crippen LogP contribution in [-0.2, 0) is 17.2 Å². The number of nitrogens with one attached hydrogen (secondary N) is 2. The van der Waals surface area contributed by atoms with Gasteiger partial charge in [-0.1, -0.05) is 0 Å². The molecule has 1 atom stereocenters. The average molecular weight is 374 g/mol. The van der Waals surface area contributed by atoms with Crippen LogP contribution in [0.2, 0.25) is 0 Å². The van der Waals surface area contributed by atoms with E-state index in [1.165, 1.54) is 25.1 Å². The van der Waals surface area contributed by atoms with Crippen LogP contribution in [0.4, 0.5) is 5.69 Å². The summed E-state index contributed by atoms with van der Waals surface area (Å²) in [6.07, 6.45) is 2.97. The largest absolute Gasteiger partial charge is 0.356 e. The summed E-state index contributed by atoms with van der Waals surface area (Å²) in [5, 5.41) is 13.4. The Morgan fingerprint density at radius 2 is 2.14 bits per heavy atom. The molecule has 22 heavy (non-hydrogen) atoms. The third kappa shape index (κ3) is 6.44. The van der Waals surface area contributed by atoms with Gasteiger partial charge in [-0.3, -0.25) is 4.79 Å². The number of rotatable bonds is 3. The van der Waals surface area contributed by atoms with Crippen LogP contribution in [-0.4, -0.2) is 41.9 Å². The third-order valence-corrected chi connectivity index (χ3v) is 5.17. The molecule has 0 aromatic heterocycles. The van der Waals surface area contributed by atoms with Gasteiger partial charge in [-0.2, -0.15) is 0 Å². The summed E-state index contributed by atoms with van der Waals surface area (Å²) in [6.45, 7) is 2.21. The second-order valence-corrected chi connectivity index (χ2v) is 8.25. The van der Waals surface area contributed by atoms with E-state index in [1.54, 1.807) is 6.07 Å². The zero-order chi connectivity index (χ0) is 16.6. The Hall–Kier alpha value is -1.60. The Morgan fingerprint density at radius 3 is 2.59 bits per heavy atom. The summed E-state index contributed by atoms with van der Waals surface area (Å²) in [6, 6.07) is 5.64. The maximum Gasteiger partial charge on any atom is 0.219 e. The van der Waals surface area contributed by atoms with Crippen molar-refractivity contribution in [1.29, 1.82) is 0 Å². The van der Waals surface area contributed by atoms with E-state index < -0.39 is 14.2 Å². The number of hydrogen-bond donors (Lipinski definition) is 4. The van der Waals surface area contributed by atoms with Gasteiger partial charge in [0.2, 0.25) is 5.91 Å². The predicted molar refractivity (Wildman–Crippen MR) is 79.6 cm³/mol. The summed E-state index contributed by atoms with van der Waals surface area (Å²) in [4.78, 5) is 21.1. The molecule has 2 amide bonds. The molecule has 122 valence electrons. The molecule has 0 bridgehead atoms. The van der Waals surface area contributed by atoms with Gasteiger partial charge in [-0.05, 0) is 12.8 Å². The molecule has 0 radical (unpaired) electrons. The number of anilines is 1. The van der Waals surface area contributed by atoms with E-state index in [4.69, 9.17) is 5.26 Å². The van der Waals surface area contributed by atoms with Gasteiger partial charge < -0.3 is 5.32 Å². The van der Waals surface area contributed by atoms with Gasteiger partial charge in [0.1, 0.15) is 0 Å². The fraction of sp³-hybridized carbons (Fsp3) is 0.385. The van der Waals surface area contributed by atoms with Crippen molar-refractivity contribution in [3.63, 3.8) is 0 Å². The quantitative estimate of drug-likeness (QED) is 0.335. The van der Waals surface area contributed by atoms with Crippen molar-refractivity contribution in [1.82, 2.24) is 5.32 Å². The van der Waals surface area contributed by atoms with Crippen molar-refractivity contribution < 1.29 is 26.6 Å². The van der Waals surface area contributed by atoms with Crippen molar-refractivity contribution >= 4 is 36.0 Å². The first kappa shape index (κ1) is 18.4. The summed E-state index contributed by atoms with van der Waals surface area (Å²) in [7, 11) is 0. The Bertz CT molecular complexity index is 569. The van der Waals surface area contributed by atoms with Crippen molar-refractivity contribution in [2.75, 3.05) is 11.9 Å². The predicted octanol–water partition coefficient (Wildman–Crippen LogP) is -0.0102. The van der Waals surface area contributed by atoms with Gasteiger partial charge in [0.15, 0.2) is 0 Å². The van der Waals surface area contributed by atoms with Gasteiger partial charge in [0.25, 0.3) is 0 Å². The minimum absolute atomic E-state index is 0.0399. The second-order valence-electron chi connectivity index (χ2n) is 4.64. The van der Waals surface area contributed by atoms with E-state index in [2.05, 4.69) is 14.5 Å². The minimum atomic E-state index is -4.83. The topological polar surface area (TPSA) is 125 Å². The van der Waals surface area contributed by atoms with Crippen LogP contribution in [0.5, 0.6) is 0 Å². The Labute approximate surface area is 130 Å². The number of piperidine rings is 1. The number of amides is 2. The molecule has 0 saturated carbocycles. The van der Waals surface area contributed by atoms with Gasteiger partial charge in [0, 0.05) is 13.0 Å². The molecule has 2 rings (SSSR count). The normalized spacial score (nSPS) is 16.6. The summed E-state index contributed by atoms with van der Waals surface area (Å²) >= 11 is -4.83. The fourth-order valence-corrected chi connectivity index (χ4v) is 3.14. The van der Waals surface area contributed by atoms with E-state index in [0.717, 1.165) is 25.8 Å². The van der Waals surface area contributed by atoms with Crippen LogP contribution in [0.1, 0.15) is 26.2 Å². The van der Waals surface area contributed by atoms with Gasteiger partial charge in [-0.25, -0.2) is 0 Å². The van der Waals surface area contributed by atoms with Crippen LogP contribution in [0.25, 0.3) is 0 Å². The number of carbonyl (C=O) groups excluding carboxylic acids is 2. The van der Waals surface area contributed by atoms with Crippen LogP contribution < -0.4 is 15.0 Å². The van der Waals surface area contributed by atoms with E-state index in [0.29, 0.717) is 5.69 Å². The minimum Gasteiger partial charge on any atom is -0.356 e. The molecule has 1 fully saturated rings. The summed E-state index contributed by atoms with van der Waals surface area (Å²) in [5.41, 5.74) is 0.368. The van der Waals surface area contributed by atoms with E-state index in [9.17, 15) is 17.4 Å². The molecule has 1 heterocycles. The van der Waals surface area contributed by atoms with Crippen molar-refractivity contribution in [3.8, 4) is 0 Å². The molecule has 1 aliphatic heterocycles. The molecule has 1 saturated heterocycles. The standard InChI is InChI=1S/C8H10AsNO5.C5H9NO/c1-6(11)10-8-4-2-3-7(5-8)9(12,13)15-14;7-5-3-1-2-4-6-5/h2-5,14H,1H3,(H,10,11)(H,12,13);1-4H2,(H,6,7). The molecule has 8 nitrogen and oxygen atoms in total. The zero-order valence-electron chi connectivity index (χ0n) is 12.1. The molecular formula is C13H19AsN2O6.